The molecule has 0 saturated carbocycles. The Hall–Kier alpha value is -0.720. The van der Waals surface area contributed by atoms with E-state index in [-0.39, 0.29) is 0 Å². The Morgan fingerprint density at radius 2 is 1.90 bits per heavy atom. The summed E-state index contributed by atoms with van der Waals surface area (Å²) in [7, 11) is 0. The number of nitrogens with zero attached hydrogens (tertiary/aromatic N) is 1. The van der Waals surface area contributed by atoms with Crippen LogP contribution in [0.3, 0.4) is 0 Å². The second-order valence-corrected chi connectivity index (χ2v) is 6.31. The molecular weight excluding hydrogens is 285 g/mol. The number of fused-ring (bicyclic) bond motifs is 1. The van der Waals surface area contributed by atoms with Crippen molar-refractivity contribution in [2.24, 2.45) is 0 Å². The van der Waals surface area contributed by atoms with Gasteiger partial charge in [-0.05, 0) is 61.1 Å². The molecule has 2 aliphatic rings. The molecule has 20 heavy (non-hydrogen) atoms. The van der Waals surface area contributed by atoms with Crippen molar-refractivity contribution in [1.82, 2.24) is 9.62 Å². The Morgan fingerprint density at radius 3 is 2.60 bits per heavy atom. The van der Waals surface area contributed by atoms with Crippen LogP contribution in [-0.2, 0) is 19.3 Å². The number of halogens is 3. The first-order valence-electron chi connectivity index (χ1n) is 6.89. The Bertz CT molecular complexity index is 496. The summed E-state index contributed by atoms with van der Waals surface area (Å²) in [5, 5.41) is 0. The van der Waals surface area contributed by atoms with Gasteiger partial charge in [0.05, 0.1) is 5.56 Å². The fourth-order valence-electron chi connectivity index (χ4n) is 2.88. The lowest BCUT2D eigenvalue weighted by molar-refractivity contribution is -0.138. The highest BCUT2D eigenvalue weighted by molar-refractivity contribution is 7.97. The number of piperidine rings is 1. The number of hydrogen-bond donors (Lipinski definition) is 1. The van der Waals surface area contributed by atoms with E-state index < -0.39 is 11.7 Å². The molecule has 6 heteroatoms. The topological polar surface area (TPSA) is 15.3 Å². The first kappa shape index (κ1) is 14.2. The van der Waals surface area contributed by atoms with Crippen molar-refractivity contribution in [2.45, 2.75) is 43.4 Å². The van der Waals surface area contributed by atoms with E-state index in [4.69, 9.17) is 0 Å². The summed E-state index contributed by atoms with van der Waals surface area (Å²) < 4.78 is 42.4. The highest BCUT2D eigenvalue weighted by Gasteiger charge is 2.36. The molecule has 1 fully saturated rings. The average Bonchev–Trinajstić information content (AvgIpc) is 2.86. The van der Waals surface area contributed by atoms with E-state index in [2.05, 4.69) is 9.62 Å². The van der Waals surface area contributed by atoms with Gasteiger partial charge in [-0.2, -0.15) is 13.2 Å². The predicted octanol–water partition coefficient (Wildman–Crippen LogP) is 3.80. The van der Waals surface area contributed by atoms with Gasteiger partial charge in [-0.1, -0.05) is 6.42 Å². The number of nitrogens with one attached hydrogen (secondary N) is 1. The molecule has 0 unspecified atom stereocenters. The highest BCUT2D eigenvalue weighted by Crippen LogP contribution is 2.40. The van der Waals surface area contributed by atoms with Gasteiger partial charge in [0.1, 0.15) is 0 Å². The molecular formula is C14H17F3N2S. The molecule has 0 bridgehead atoms. The minimum atomic E-state index is -4.27. The summed E-state index contributed by atoms with van der Waals surface area (Å²) in [6.45, 7) is 2.89. The van der Waals surface area contributed by atoms with Crippen molar-refractivity contribution < 1.29 is 13.2 Å². The van der Waals surface area contributed by atoms with E-state index in [0.717, 1.165) is 36.4 Å². The standard InChI is InChI=1S/C14H17F3N2S/c15-14(16,17)12-6-10(7-13-11(12)8-18-20-13)9-19-4-2-1-3-5-19/h6-7,18H,1-5,8-9H2. The Kier molecular flexibility index (Phi) is 3.97. The van der Waals surface area contributed by atoms with Gasteiger partial charge >= 0.3 is 6.18 Å². The largest absolute Gasteiger partial charge is 0.416 e. The highest BCUT2D eigenvalue weighted by atomic mass is 32.2. The molecule has 2 aliphatic heterocycles. The smallest absolute Gasteiger partial charge is 0.299 e. The zero-order chi connectivity index (χ0) is 14.2. The van der Waals surface area contributed by atoms with Gasteiger partial charge in [0, 0.05) is 18.0 Å². The summed E-state index contributed by atoms with van der Waals surface area (Å²) in [5.74, 6) is 0. The molecule has 2 heterocycles. The van der Waals surface area contributed by atoms with Crippen molar-refractivity contribution >= 4 is 11.9 Å². The van der Waals surface area contributed by atoms with E-state index in [9.17, 15) is 13.2 Å². The fraction of sp³-hybridized carbons (Fsp3) is 0.571. The summed E-state index contributed by atoms with van der Waals surface area (Å²) in [6, 6.07) is 3.24. The van der Waals surface area contributed by atoms with E-state index in [1.807, 2.05) is 6.07 Å². The Labute approximate surface area is 120 Å². The van der Waals surface area contributed by atoms with Crippen LogP contribution in [0.25, 0.3) is 0 Å². The minimum Gasteiger partial charge on any atom is -0.299 e. The third-order valence-electron chi connectivity index (χ3n) is 3.86. The van der Waals surface area contributed by atoms with Crippen molar-refractivity contribution in [3.63, 3.8) is 0 Å². The van der Waals surface area contributed by atoms with Crippen LogP contribution in [0.5, 0.6) is 0 Å². The SMILES string of the molecule is FC(F)(F)c1cc(CN2CCCCC2)cc2c1CNS2. The number of benzene rings is 1. The van der Waals surface area contributed by atoms with Gasteiger partial charge in [0.2, 0.25) is 0 Å². The van der Waals surface area contributed by atoms with E-state index >= 15 is 0 Å². The maximum absolute atomic E-state index is 13.2. The number of alkyl halides is 3. The van der Waals surface area contributed by atoms with Crippen LogP contribution in [0.15, 0.2) is 17.0 Å². The van der Waals surface area contributed by atoms with Crippen LogP contribution in [0, 0.1) is 0 Å². The Morgan fingerprint density at radius 1 is 1.15 bits per heavy atom. The minimum absolute atomic E-state index is 0.291. The number of rotatable bonds is 2. The third-order valence-corrected chi connectivity index (χ3v) is 4.73. The molecule has 1 aromatic carbocycles. The Balaban J connectivity index is 1.88. The molecule has 0 radical (unpaired) electrons. The summed E-state index contributed by atoms with van der Waals surface area (Å²) in [5.41, 5.74) is 0.693. The number of hydrogen-bond acceptors (Lipinski definition) is 3. The van der Waals surface area contributed by atoms with Crippen molar-refractivity contribution in [2.75, 3.05) is 13.1 Å². The zero-order valence-electron chi connectivity index (χ0n) is 11.1. The molecule has 1 aromatic rings. The summed E-state index contributed by atoms with van der Waals surface area (Å²) in [4.78, 5) is 2.98. The molecule has 0 aromatic heterocycles. The van der Waals surface area contributed by atoms with Gasteiger partial charge < -0.3 is 0 Å². The van der Waals surface area contributed by atoms with Crippen LogP contribution in [0.2, 0.25) is 0 Å². The van der Waals surface area contributed by atoms with E-state index in [0.29, 0.717) is 18.7 Å². The van der Waals surface area contributed by atoms with Gasteiger partial charge in [-0.3, -0.25) is 9.62 Å². The van der Waals surface area contributed by atoms with E-state index in [1.54, 1.807) is 0 Å². The lowest BCUT2D eigenvalue weighted by atomic mass is 10.0. The van der Waals surface area contributed by atoms with Crippen molar-refractivity contribution in [1.29, 1.82) is 0 Å². The second-order valence-electron chi connectivity index (χ2n) is 5.38. The first-order valence-corrected chi connectivity index (χ1v) is 7.71. The van der Waals surface area contributed by atoms with Crippen LogP contribution < -0.4 is 4.72 Å². The quantitative estimate of drug-likeness (QED) is 0.837. The summed E-state index contributed by atoms with van der Waals surface area (Å²) in [6.07, 6.45) is -0.746. The molecule has 1 N–H and O–H groups in total. The van der Waals surface area contributed by atoms with Crippen molar-refractivity contribution in [3.05, 3.63) is 28.8 Å². The maximum atomic E-state index is 13.2. The number of likely N-dealkylation sites (tertiary alicyclic amines) is 1. The molecule has 0 atom stereocenters. The van der Waals surface area contributed by atoms with Gasteiger partial charge in [-0.25, -0.2) is 0 Å². The molecule has 0 aliphatic carbocycles. The van der Waals surface area contributed by atoms with Crippen LogP contribution in [-0.4, -0.2) is 18.0 Å². The molecule has 0 spiro atoms. The summed E-state index contributed by atoms with van der Waals surface area (Å²) >= 11 is 1.31. The van der Waals surface area contributed by atoms with Crippen LogP contribution in [0.1, 0.15) is 36.0 Å². The predicted molar refractivity (Wildman–Crippen MR) is 73.3 cm³/mol. The lowest BCUT2D eigenvalue weighted by Gasteiger charge is -2.27. The normalized spacial score (nSPS) is 20.1. The third kappa shape index (κ3) is 2.97. The van der Waals surface area contributed by atoms with Crippen LogP contribution in [0.4, 0.5) is 13.2 Å². The van der Waals surface area contributed by atoms with Gasteiger partial charge in [-0.15, -0.1) is 0 Å². The fourth-order valence-corrected chi connectivity index (χ4v) is 3.77. The van der Waals surface area contributed by atoms with Gasteiger partial charge in [0.25, 0.3) is 0 Å². The second kappa shape index (κ2) is 5.58. The zero-order valence-corrected chi connectivity index (χ0v) is 11.9. The first-order chi connectivity index (χ1) is 9.54. The lowest BCUT2D eigenvalue weighted by Crippen LogP contribution is -2.29. The average molecular weight is 302 g/mol. The molecule has 2 nitrogen and oxygen atoms in total. The molecule has 0 amide bonds. The molecule has 1 saturated heterocycles. The molecule has 3 rings (SSSR count). The van der Waals surface area contributed by atoms with Gasteiger partial charge in [0.15, 0.2) is 0 Å². The maximum Gasteiger partial charge on any atom is 0.416 e. The van der Waals surface area contributed by atoms with E-state index in [1.165, 1.54) is 24.4 Å². The molecule has 110 valence electrons. The monoisotopic (exact) mass is 302 g/mol. The van der Waals surface area contributed by atoms with Crippen molar-refractivity contribution in [3.8, 4) is 0 Å². The van der Waals surface area contributed by atoms with Crippen LogP contribution >= 0.6 is 11.9 Å².